The van der Waals surface area contributed by atoms with Crippen LogP contribution in [0.4, 0.5) is 0 Å². The first-order chi connectivity index (χ1) is 15.7. The fourth-order valence-corrected chi connectivity index (χ4v) is 4.21. The summed E-state index contributed by atoms with van der Waals surface area (Å²) < 4.78 is 12.7. The van der Waals surface area contributed by atoms with Gasteiger partial charge in [-0.15, -0.1) is 0 Å². The van der Waals surface area contributed by atoms with Crippen LogP contribution >= 0.6 is 22.6 Å². The fraction of sp³-hybridized carbons (Fsp3) is 0.714. The zero-order chi connectivity index (χ0) is 24.8. The fourth-order valence-electron chi connectivity index (χ4n) is 3.72. The lowest BCUT2D eigenvalue weighted by molar-refractivity contribution is 0.0196. The topological polar surface area (TPSA) is 52.6 Å². The van der Waals surface area contributed by atoms with Gasteiger partial charge in [0.1, 0.15) is 12.2 Å². The maximum absolute atomic E-state index is 13.2. The van der Waals surface area contributed by atoms with Gasteiger partial charge in [0.25, 0.3) is 0 Å². The van der Waals surface area contributed by atoms with Crippen molar-refractivity contribution >= 4 is 34.5 Å². The lowest BCUT2D eigenvalue weighted by Crippen LogP contribution is -2.24. The molecule has 4 nitrogen and oxygen atoms in total. The third-order valence-electron chi connectivity index (χ3n) is 5.86. The van der Waals surface area contributed by atoms with Crippen LogP contribution in [-0.2, 0) is 9.47 Å². The molecule has 0 aliphatic heterocycles. The molecular weight excluding hydrogens is 527 g/mol. The summed E-state index contributed by atoms with van der Waals surface area (Å²) in [5.41, 5.74) is 0.626. The highest BCUT2D eigenvalue weighted by molar-refractivity contribution is 14.1. The van der Waals surface area contributed by atoms with Gasteiger partial charge in [0.15, 0.2) is 0 Å². The van der Waals surface area contributed by atoms with E-state index < -0.39 is 11.9 Å². The summed E-state index contributed by atoms with van der Waals surface area (Å²) in [6, 6.07) is 5.29. The van der Waals surface area contributed by atoms with Crippen LogP contribution < -0.4 is 0 Å². The van der Waals surface area contributed by atoms with Gasteiger partial charge in [-0.3, -0.25) is 0 Å². The Bertz CT molecular complexity index is 714. The Morgan fingerprint density at radius 3 is 1.61 bits per heavy atom. The molecule has 5 heteroatoms. The van der Waals surface area contributed by atoms with Crippen LogP contribution in [0.1, 0.15) is 126 Å². The molecule has 2 atom stereocenters. The Balaban J connectivity index is 3.02. The first kappa shape index (κ1) is 29.9. The smallest absolute Gasteiger partial charge is 0.339 e. The molecule has 1 aromatic rings. The van der Waals surface area contributed by atoms with Crippen LogP contribution in [0, 0.1) is 15.4 Å². The molecule has 0 aromatic heterocycles. The molecule has 0 aliphatic carbocycles. The van der Waals surface area contributed by atoms with Gasteiger partial charge in [-0.25, -0.2) is 9.59 Å². The highest BCUT2D eigenvalue weighted by Gasteiger charge is 2.25. The van der Waals surface area contributed by atoms with E-state index in [-0.39, 0.29) is 12.2 Å². The second kappa shape index (κ2) is 16.5. The van der Waals surface area contributed by atoms with Crippen molar-refractivity contribution in [2.45, 2.75) is 118 Å². The van der Waals surface area contributed by atoms with Gasteiger partial charge in [0.2, 0.25) is 0 Å². The molecule has 0 saturated heterocycles. The van der Waals surface area contributed by atoms with E-state index in [1.165, 1.54) is 0 Å². The monoisotopic (exact) mass is 572 g/mol. The van der Waals surface area contributed by atoms with Gasteiger partial charge < -0.3 is 9.47 Å². The van der Waals surface area contributed by atoms with E-state index >= 15 is 0 Å². The molecule has 0 bridgehead atoms. The number of unbranched alkanes of at least 4 members (excludes halogenated alkanes) is 2. The number of carbonyl (C=O) groups is 2. The molecule has 0 N–H and O–H groups in total. The summed E-state index contributed by atoms with van der Waals surface area (Å²) in [4.78, 5) is 26.3. The Morgan fingerprint density at radius 1 is 0.727 bits per heavy atom. The molecule has 33 heavy (non-hydrogen) atoms. The summed E-state index contributed by atoms with van der Waals surface area (Å²) in [5, 5.41) is 0. The first-order valence-corrected chi connectivity index (χ1v) is 14.0. The van der Waals surface area contributed by atoms with Crippen molar-refractivity contribution in [1.82, 2.24) is 0 Å². The van der Waals surface area contributed by atoms with E-state index in [1.807, 2.05) is 6.07 Å². The van der Waals surface area contributed by atoms with Gasteiger partial charge in [-0.1, -0.05) is 67.2 Å². The summed E-state index contributed by atoms with van der Waals surface area (Å²) >= 11 is 2.16. The van der Waals surface area contributed by atoms with E-state index in [9.17, 15) is 9.59 Å². The second-order valence-electron chi connectivity index (χ2n) is 9.97. The van der Waals surface area contributed by atoms with Crippen molar-refractivity contribution in [3.8, 4) is 0 Å². The maximum Gasteiger partial charge on any atom is 0.339 e. The van der Waals surface area contributed by atoms with Crippen molar-refractivity contribution in [2.24, 2.45) is 11.8 Å². The maximum atomic E-state index is 13.2. The highest BCUT2D eigenvalue weighted by atomic mass is 127. The van der Waals surface area contributed by atoms with E-state index in [2.05, 4.69) is 64.1 Å². The lowest BCUT2D eigenvalue weighted by atomic mass is 10.0. The number of hydrogen-bond acceptors (Lipinski definition) is 4. The zero-order valence-corrected chi connectivity index (χ0v) is 23.8. The van der Waals surface area contributed by atoms with Gasteiger partial charge in [0.05, 0.1) is 11.1 Å². The quantitative estimate of drug-likeness (QED) is 0.147. The van der Waals surface area contributed by atoms with Crippen LogP contribution in [0.5, 0.6) is 0 Å². The number of carbonyl (C=O) groups excluding carboxylic acids is 2. The summed E-state index contributed by atoms with van der Waals surface area (Å²) in [6.07, 6.45) is 9.35. The Morgan fingerprint density at radius 2 is 1.18 bits per heavy atom. The third kappa shape index (κ3) is 12.2. The molecule has 0 amide bonds. The average molecular weight is 573 g/mol. The van der Waals surface area contributed by atoms with Crippen molar-refractivity contribution in [3.05, 3.63) is 32.9 Å². The van der Waals surface area contributed by atoms with E-state index in [0.717, 1.165) is 67.8 Å². The van der Waals surface area contributed by atoms with Gasteiger partial charge in [-0.2, -0.15) is 0 Å². The molecule has 0 aliphatic rings. The molecule has 0 heterocycles. The first-order valence-electron chi connectivity index (χ1n) is 12.9. The predicted octanol–water partition coefficient (Wildman–Crippen LogP) is 8.59. The van der Waals surface area contributed by atoms with Crippen molar-refractivity contribution in [3.63, 3.8) is 0 Å². The average Bonchev–Trinajstić information content (AvgIpc) is 2.76. The SMILES string of the molecule is CCCCC(CCC(C)C)OC(=O)c1ccc(I)cc1C(=O)OC(CCCC)CCC(C)C. The molecule has 0 fully saturated rings. The number of esters is 2. The molecule has 0 radical (unpaired) electrons. The van der Waals surface area contributed by atoms with Crippen LogP contribution in [0.3, 0.4) is 0 Å². The minimum absolute atomic E-state index is 0.119. The number of halogens is 1. The van der Waals surface area contributed by atoms with Crippen LogP contribution in [0.15, 0.2) is 18.2 Å². The van der Waals surface area contributed by atoms with E-state index in [4.69, 9.17) is 9.47 Å². The van der Waals surface area contributed by atoms with E-state index in [0.29, 0.717) is 23.0 Å². The molecule has 1 rings (SSSR count). The summed E-state index contributed by atoms with van der Waals surface area (Å²) in [5.74, 6) is 0.276. The van der Waals surface area contributed by atoms with Crippen LogP contribution in [-0.4, -0.2) is 24.1 Å². The number of hydrogen-bond donors (Lipinski definition) is 0. The van der Waals surface area contributed by atoms with Crippen LogP contribution in [0.2, 0.25) is 0 Å². The summed E-state index contributed by atoms with van der Waals surface area (Å²) in [6.45, 7) is 13.0. The zero-order valence-electron chi connectivity index (χ0n) is 21.6. The van der Waals surface area contributed by atoms with Crippen molar-refractivity contribution in [2.75, 3.05) is 0 Å². The third-order valence-corrected chi connectivity index (χ3v) is 6.53. The Labute approximate surface area is 215 Å². The number of benzene rings is 1. The van der Waals surface area contributed by atoms with Crippen LogP contribution in [0.25, 0.3) is 0 Å². The van der Waals surface area contributed by atoms with Gasteiger partial charge in [-0.05, 0) is 91.2 Å². The summed E-state index contributed by atoms with van der Waals surface area (Å²) in [7, 11) is 0. The van der Waals surface area contributed by atoms with E-state index in [1.54, 1.807) is 12.1 Å². The molecular formula is C28H45IO4. The molecule has 188 valence electrons. The Hall–Kier alpha value is -1.11. The molecule has 1 aromatic carbocycles. The van der Waals surface area contributed by atoms with Gasteiger partial charge >= 0.3 is 11.9 Å². The van der Waals surface area contributed by atoms with Crippen molar-refractivity contribution in [1.29, 1.82) is 0 Å². The number of ether oxygens (including phenoxy) is 2. The minimum Gasteiger partial charge on any atom is -0.459 e. The highest BCUT2D eigenvalue weighted by Crippen LogP contribution is 2.23. The molecule has 0 spiro atoms. The minimum atomic E-state index is -0.421. The number of rotatable bonds is 16. The standard InChI is InChI=1S/C28H45IO4/c1-7-9-11-23(16-13-20(3)4)32-27(30)25-18-15-22(29)19-26(25)28(31)33-24(12-10-8-2)17-14-21(5)6/h15,18-21,23-24H,7-14,16-17H2,1-6H3. The second-order valence-corrected chi connectivity index (χ2v) is 11.2. The largest absolute Gasteiger partial charge is 0.459 e. The lowest BCUT2D eigenvalue weighted by Gasteiger charge is -2.21. The Kier molecular flexibility index (Phi) is 15.0. The predicted molar refractivity (Wildman–Crippen MR) is 145 cm³/mol. The van der Waals surface area contributed by atoms with Gasteiger partial charge in [0, 0.05) is 3.57 Å². The van der Waals surface area contributed by atoms with Crippen molar-refractivity contribution < 1.29 is 19.1 Å². The molecule has 2 unspecified atom stereocenters. The molecule has 0 saturated carbocycles. The normalized spacial score (nSPS) is 13.2.